The number of hydrogen-bond donors (Lipinski definition) is 0. The maximum absolute atomic E-state index is 2.69. The van der Waals surface area contributed by atoms with Crippen LogP contribution >= 0.6 is 11.8 Å². The van der Waals surface area contributed by atoms with Gasteiger partial charge in [-0.05, 0) is 124 Å². The average Bonchev–Trinajstić information content (AvgIpc) is 3.72. The third-order valence-electron chi connectivity index (χ3n) is 12.6. The summed E-state index contributed by atoms with van der Waals surface area (Å²) in [6, 6.07) is 84.7. The van der Waals surface area contributed by atoms with Gasteiger partial charge in [0.1, 0.15) is 0 Å². The van der Waals surface area contributed by atoms with E-state index in [9.17, 15) is 0 Å². The Morgan fingerprint density at radius 1 is 0.410 bits per heavy atom. The minimum absolute atomic E-state index is 0.101. The molecule has 0 N–H and O–H groups in total. The first kappa shape index (κ1) is 35.7. The molecule has 0 radical (unpaired) electrons. The standard InChI is InChI=1S/C56H40BN3S/c1-6-19-39(20-7-1)41-35-42(40-21-8-2-9-22-40)37-47(36-41)60-51-31-18-30-50-54(51)57(56-55(60)48-29-16-17-32-53(48)61-56)49-34-33-46(38-52(49)59(50)45-27-14-5-15-28-45)58(43-23-10-3-11-24-43)44-25-12-4-13-26-44/h1-38,55-56H/t55-,56?/m0/s1. The van der Waals surface area contributed by atoms with Crippen LogP contribution in [0.2, 0.25) is 0 Å². The van der Waals surface area contributed by atoms with Gasteiger partial charge in [0.05, 0.1) is 6.04 Å². The Morgan fingerprint density at radius 3 is 1.61 bits per heavy atom. The minimum atomic E-state index is 0.101. The van der Waals surface area contributed by atoms with Crippen molar-refractivity contribution < 1.29 is 0 Å². The third-order valence-corrected chi connectivity index (χ3v) is 14.0. The zero-order chi connectivity index (χ0) is 40.3. The predicted octanol–water partition coefficient (Wildman–Crippen LogP) is 13.8. The Hall–Kier alpha value is -7.21. The molecule has 288 valence electrons. The summed E-state index contributed by atoms with van der Waals surface area (Å²) in [7, 11) is 0. The molecule has 9 aromatic rings. The Bertz CT molecular complexity index is 2940. The fraction of sp³-hybridized carbons (Fsp3) is 0.0357. The molecular formula is C56H40BN3S. The fourth-order valence-corrected chi connectivity index (χ4v) is 11.6. The number of hydrogen-bond acceptors (Lipinski definition) is 4. The van der Waals surface area contributed by atoms with Gasteiger partial charge in [-0.1, -0.05) is 146 Å². The summed E-state index contributed by atoms with van der Waals surface area (Å²) in [4.78, 5) is 8.95. The molecule has 0 saturated carbocycles. The van der Waals surface area contributed by atoms with Crippen LogP contribution < -0.4 is 25.6 Å². The van der Waals surface area contributed by atoms with Gasteiger partial charge < -0.3 is 14.7 Å². The van der Waals surface area contributed by atoms with Crippen molar-refractivity contribution in [3.8, 4) is 22.3 Å². The minimum Gasteiger partial charge on any atom is -0.334 e. The molecular weight excluding hydrogens is 758 g/mol. The van der Waals surface area contributed by atoms with Gasteiger partial charge in [-0.2, -0.15) is 0 Å². The topological polar surface area (TPSA) is 9.72 Å². The lowest BCUT2D eigenvalue weighted by atomic mass is 9.33. The summed E-state index contributed by atoms with van der Waals surface area (Å²) in [5.41, 5.74) is 18.4. The van der Waals surface area contributed by atoms with E-state index < -0.39 is 0 Å². The first-order chi connectivity index (χ1) is 30.3. The summed E-state index contributed by atoms with van der Waals surface area (Å²) in [5, 5.41) is 0.216. The number of nitrogens with zero attached hydrogens (tertiary/aromatic N) is 3. The van der Waals surface area contributed by atoms with E-state index in [-0.39, 0.29) is 17.9 Å². The van der Waals surface area contributed by atoms with Crippen LogP contribution in [-0.4, -0.2) is 11.9 Å². The zero-order valence-electron chi connectivity index (χ0n) is 33.4. The molecule has 5 heteroatoms. The summed E-state index contributed by atoms with van der Waals surface area (Å²) in [6.45, 7) is 0.140. The van der Waals surface area contributed by atoms with Crippen LogP contribution in [0.25, 0.3) is 22.3 Å². The number of anilines is 8. The lowest BCUT2D eigenvalue weighted by Crippen LogP contribution is -2.62. The normalized spacial score (nSPS) is 15.7. The molecule has 0 aliphatic carbocycles. The van der Waals surface area contributed by atoms with E-state index >= 15 is 0 Å². The fourth-order valence-electron chi connectivity index (χ4n) is 10.0. The van der Waals surface area contributed by atoms with Crippen molar-refractivity contribution >= 4 is 74.9 Å². The number of fused-ring (bicyclic) bond motifs is 6. The van der Waals surface area contributed by atoms with Crippen LogP contribution in [0.4, 0.5) is 45.5 Å². The molecule has 0 bridgehead atoms. The molecule has 0 fully saturated rings. The molecule has 3 aliphatic rings. The van der Waals surface area contributed by atoms with E-state index in [1.54, 1.807) is 0 Å². The van der Waals surface area contributed by atoms with Gasteiger partial charge in [0.2, 0.25) is 6.71 Å². The van der Waals surface area contributed by atoms with Crippen molar-refractivity contribution in [3.05, 3.63) is 236 Å². The second-order valence-electron chi connectivity index (χ2n) is 16.0. The van der Waals surface area contributed by atoms with Gasteiger partial charge in [-0.15, -0.1) is 11.8 Å². The number of para-hydroxylation sites is 3. The van der Waals surface area contributed by atoms with Gasteiger partial charge in [-0.25, -0.2) is 0 Å². The van der Waals surface area contributed by atoms with Crippen LogP contribution in [-0.2, 0) is 0 Å². The van der Waals surface area contributed by atoms with E-state index in [2.05, 4.69) is 257 Å². The van der Waals surface area contributed by atoms with E-state index in [1.165, 1.54) is 66.4 Å². The lowest BCUT2D eigenvalue weighted by Gasteiger charge is -2.48. The van der Waals surface area contributed by atoms with E-state index in [4.69, 9.17) is 0 Å². The van der Waals surface area contributed by atoms with Crippen LogP contribution in [0.1, 0.15) is 11.6 Å². The first-order valence-electron chi connectivity index (χ1n) is 21.1. The van der Waals surface area contributed by atoms with Crippen LogP contribution in [0.3, 0.4) is 0 Å². The highest BCUT2D eigenvalue weighted by atomic mass is 32.2. The molecule has 3 nitrogen and oxygen atoms in total. The Labute approximate surface area is 362 Å². The number of thioether (sulfide) groups is 1. The molecule has 0 spiro atoms. The second kappa shape index (κ2) is 14.8. The molecule has 61 heavy (non-hydrogen) atoms. The van der Waals surface area contributed by atoms with Crippen molar-refractivity contribution in [2.24, 2.45) is 0 Å². The van der Waals surface area contributed by atoms with Gasteiger partial charge >= 0.3 is 0 Å². The van der Waals surface area contributed by atoms with E-state index in [1.807, 2.05) is 0 Å². The molecule has 1 unspecified atom stereocenters. The first-order valence-corrected chi connectivity index (χ1v) is 22.0. The van der Waals surface area contributed by atoms with Crippen molar-refractivity contribution in [1.29, 1.82) is 0 Å². The highest BCUT2D eigenvalue weighted by molar-refractivity contribution is 8.02. The zero-order valence-corrected chi connectivity index (χ0v) is 34.2. The third kappa shape index (κ3) is 5.99. The highest BCUT2D eigenvalue weighted by Crippen LogP contribution is 2.56. The van der Waals surface area contributed by atoms with Gasteiger partial charge in [-0.3, -0.25) is 0 Å². The summed E-state index contributed by atoms with van der Waals surface area (Å²) in [6.07, 6.45) is 0. The van der Waals surface area contributed by atoms with Gasteiger partial charge in [0, 0.05) is 55.5 Å². The summed E-state index contributed by atoms with van der Waals surface area (Å²) in [5.74, 6) is 0. The van der Waals surface area contributed by atoms with Crippen molar-refractivity contribution in [2.75, 3.05) is 14.7 Å². The summed E-state index contributed by atoms with van der Waals surface area (Å²) < 4.78 is 0. The molecule has 2 atom stereocenters. The number of rotatable bonds is 7. The summed E-state index contributed by atoms with van der Waals surface area (Å²) >= 11 is 2.05. The molecule has 0 saturated heterocycles. The Morgan fingerprint density at radius 2 is 0.967 bits per heavy atom. The Kier molecular flexibility index (Phi) is 8.67. The maximum atomic E-state index is 2.69. The molecule has 3 heterocycles. The number of benzene rings is 9. The lowest BCUT2D eigenvalue weighted by molar-refractivity contribution is 0.746. The highest BCUT2D eigenvalue weighted by Gasteiger charge is 2.53. The predicted molar refractivity (Wildman–Crippen MR) is 259 cm³/mol. The van der Waals surface area contributed by atoms with Crippen molar-refractivity contribution in [2.45, 2.75) is 16.1 Å². The molecule has 9 aromatic carbocycles. The monoisotopic (exact) mass is 797 g/mol. The van der Waals surface area contributed by atoms with E-state index in [0.717, 1.165) is 22.7 Å². The molecule has 0 amide bonds. The van der Waals surface area contributed by atoms with Crippen LogP contribution in [0.15, 0.2) is 235 Å². The largest absolute Gasteiger partial charge is 0.334 e. The second-order valence-corrected chi connectivity index (χ2v) is 17.3. The SMILES string of the molecule is c1ccc(-c2cc(-c3ccccc3)cc(N3c4cccc5c4B(c4ccc(N(c6ccccc6)c6ccccc6)cc4N5c4ccccc4)C4Sc5ccccc5[C@@H]43)c2)cc1. The maximum Gasteiger partial charge on any atom is 0.233 e. The molecule has 0 aromatic heterocycles. The van der Waals surface area contributed by atoms with Crippen LogP contribution in [0, 0.1) is 0 Å². The van der Waals surface area contributed by atoms with Crippen LogP contribution in [0.5, 0.6) is 0 Å². The van der Waals surface area contributed by atoms with Crippen molar-refractivity contribution in [3.63, 3.8) is 0 Å². The quantitative estimate of drug-likeness (QED) is 0.149. The molecule has 12 rings (SSSR count). The van der Waals surface area contributed by atoms with Gasteiger partial charge in [0.25, 0.3) is 0 Å². The smallest absolute Gasteiger partial charge is 0.233 e. The van der Waals surface area contributed by atoms with Gasteiger partial charge in [0.15, 0.2) is 0 Å². The Balaban J connectivity index is 1.11. The van der Waals surface area contributed by atoms with E-state index in [0.29, 0.717) is 0 Å². The molecule has 3 aliphatic heterocycles. The van der Waals surface area contributed by atoms with Crippen molar-refractivity contribution in [1.82, 2.24) is 0 Å². The average molecular weight is 798 g/mol.